The number of hydrogen-bond acceptors (Lipinski definition) is 8. The van der Waals surface area contributed by atoms with Crippen molar-refractivity contribution >= 4 is 34.6 Å². The van der Waals surface area contributed by atoms with E-state index in [0.29, 0.717) is 26.2 Å². The molecule has 0 aliphatic carbocycles. The normalized spacial score (nSPS) is 23.8. The average Bonchev–Trinajstić information content (AvgIpc) is 3.26. The number of thiazole rings is 1. The topological polar surface area (TPSA) is 92.3 Å². The monoisotopic (exact) mass is 366 g/mol. The van der Waals surface area contributed by atoms with E-state index in [0.717, 1.165) is 23.0 Å². The molecular weight excluding hydrogens is 348 g/mol. The van der Waals surface area contributed by atoms with Gasteiger partial charge in [-0.1, -0.05) is 0 Å². The zero-order valence-corrected chi connectivity index (χ0v) is 14.3. The molecule has 134 valence electrons. The van der Waals surface area contributed by atoms with Gasteiger partial charge in [0.05, 0.1) is 6.54 Å². The van der Waals surface area contributed by atoms with Crippen LogP contribution in [0.1, 0.15) is 6.42 Å². The van der Waals surface area contributed by atoms with Crippen molar-refractivity contribution in [1.29, 1.82) is 0 Å². The van der Waals surface area contributed by atoms with Gasteiger partial charge in [0.2, 0.25) is 0 Å². The van der Waals surface area contributed by atoms with Gasteiger partial charge in [-0.15, -0.1) is 11.3 Å². The maximum atomic E-state index is 12.2. The molecule has 10 heteroatoms. The summed E-state index contributed by atoms with van der Waals surface area (Å²) >= 11 is 1.57. The van der Waals surface area contributed by atoms with Gasteiger partial charge >= 0.3 is 12.2 Å². The van der Waals surface area contributed by atoms with Gasteiger partial charge < -0.3 is 19.3 Å². The highest BCUT2D eigenvalue weighted by atomic mass is 32.1. The first kappa shape index (κ1) is 16.1. The van der Waals surface area contributed by atoms with E-state index in [4.69, 9.17) is 4.74 Å². The van der Waals surface area contributed by atoms with Gasteiger partial charge in [0.15, 0.2) is 11.7 Å². The predicted octanol–water partition coefficient (Wildman–Crippen LogP) is 0.769. The van der Waals surface area contributed by atoms with Gasteiger partial charge in [0.25, 0.3) is 5.91 Å². The van der Waals surface area contributed by atoms with E-state index < -0.39 is 6.09 Å². The van der Waals surface area contributed by atoms with Crippen molar-refractivity contribution in [3.63, 3.8) is 0 Å². The van der Waals surface area contributed by atoms with Crippen LogP contribution in [0.25, 0.3) is 0 Å². The van der Waals surface area contributed by atoms with Crippen LogP contribution in [0, 0.1) is 5.92 Å². The molecule has 25 heavy (non-hydrogen) atoms. The molecule has 1 aromatic rings. The first-order chi connectivity index (χ1) is 12.1. The van der Waals surface area contributed by atoms with E-state index in [1.807, 2.05) is 5.38 Å². The lowest BCUT2D eigenvalue weighted by Gasteiger charge is -2.39. The minimum Gasteiger partial charge on any atom is -0.444 e. The number of amides is 3. The molecule has 4 rings (SSSR count). The first-order valence-electron chi connectivity index (χ1n) is 8.17. The molecule has 1 unspecified atom stereocenters. The molecule has 3 amide bonds. The van der Waals surface area contributed by atoms with Gasteiger partial charge in [-0.25, -0.2) is 19.5 Å². The van der Waals surface area contributed by atoms with Crippen LogP contribution >= 0.6 is 11.3 Å². The number of nitrogens with zero attached hydrogens (tertiary/aromatic N) is 4. The van der Waals surface area contributed by atoms with Crippen molar-refractivity contribution in [3.05, 3.63) is 11.6 Å². The summed E-state index contributed by atoms with van der Waals surface area (Å²) in [5.41, 5.74) is 0. The average molecular weight is 366 g/mol. The van der Waals surface area contributed by atoms with E-state index >= 15 is 0 Å². The molecule has 3 aliphatic rings. The van der Waals surface area contributed by atoms with Gasteiger partial charge in [-0.2, -0.15) is 0 Å². The van der Waals surface area contributed by atoms with Crippen LogP contribution in [0.3, 0.4) is 0 Å². The number of cyclic esters (lactones) is 1. The van der Waals surface area contributed by atoms with Crippen molar-refractivity contribution in [2.45, 2.75) is 12.5 Å². The zero-order valence-electron chi connectivity index (χ0n) is 13.5. The van der Waals surface area contributed by atoms with Crippen molar-refractivity contribution in [3.8, 4) is 0 Å². The van der Waals surface area contributed by atoms with Crippen LogP contribution in [0.4, 0.5) is 14.7 Å². The van der Waals surface area contributed by atoms with Crippen molar-refractivity contribution in [1.82, 2.24) is 14.8 Å². The highest BCUT2D eigenvalue weighted by Crippen LogP contribution is 2.25. The molecule has 0 aromatic carbocycles. The first-order valence-corrected chi connectivity index (χ1v) is 9.05. The number of anilines is 1. The van der Waals surface area contributed by atoms with E-state index in [1.165, 1.54) is 0 Å². The molecule has 0 bridgehead atoms. The largest absolute Gasteiger partial charge is 0.444 e. The van der Waals surface area contributed by atoms with Gasteiger partial charge in [0.1, 0.15) is 6.10 Å². The number of carbonyl (C=O) groups excluding carboxylic acids is 3. The second kappa shape index (κ2) is 6.51. The second-order valence-electron chi connectivity index (χ2n) is 6.39. The highest BCUT2D eigenvalue weighted by molar-refractivity contribution is 7.13. The van der Waals surface area contributed by atoms with Crippen molar-refractivity contribution < 1.29 is 23.9 Å². The van der Waals surface area contributed by atoms with Crippen LogP contribution in [-0.4, -0.2) is 78.3 Å². The fourth-order valence-electron chi connectivity index (χ4n) is 3.24. The number of ether oxygens (including phenoxy) is 2. The number of hydrogen-bond donors (Lipinski definition) is 0. The van der Waals surface area contributed by atoms with E-state index in [2.05, 4.69) is 14.6 Å². The van der Waals surface area contributed by atoms with Crippen LogP contribution in [-0.2, 0) is 14.3 Å². The Labute approximate surface area is 148 Å². The minimum absolute atomic E-state index is 0.0811. The Balaban J connectivity index is 1.20. The molecule has 0 N–H and O–H groups in total. The molecule has 0 radical (unpaired) electrons. The van der Waals surface area contributed by atoms with Crippen LogP contribution in [0.5, 0.6) is 0 Å². The third kappa shape index (κ3) is 3.26. The summed E-state index contributed by atoms with van der Waals surface area (Å²) in [4.78, 5) is 44.2. The van der Waals surface area contributed by atoms with Crippen molar-refractivity contribution in [2.75, 3.05) is 44.2 Å². The van der Waals surface area contributed by atoms with Crippen LogP contribution in [0.15, 0.2) is 11.6 Å². The van der Waals surface area contributed by atoms with Crippen molar-refractivity contribution in [2.24, 2.45) is 5.92 Å². The minimum atomic E-state index is -0.598. The van der Waals surface area contributed by atoms with Crippen LogP contribution in [0.2, 0.25) is 0 Å². The fourth-order valence-corrected chi connectivity index (χ4v) is 3.92. The molecule has 3 aliphatic heterocycles. The lowest BCUT2D eigenvalue weighted by atomic mass is 10.0. The van der Waals surface area contributed by atoms with E-state index in [1.54, 1.807) is 22.4 Å². The molecule has 0 saturated carbocycles. The predicted molar refractivity (Wildman–Crippen MR) is 87.3 cm³/mol. The number of aromatic nitrogens is 1. The number of carbonyl (C=O) groups is 3. The Kier molecular flexibility index (Phi) is 4.20. The maximum absolute atomic E-state index is 12.2. The number of imide groups is 1. The van der Waals surface area contributed by atoms with Crippen LogP contribution < -0.4 is 4.90 Å². The smallest absolute Gasteiger partial charge is 0.417 e. The lowest BCUT2D eigenvalue weighted by molar-refractivity contribution is -0.126. The highest BCUT2D eigenvalue weighted by Gasteiger charge is 2.39. The molecule has 0 spiro atoms. The maximum Gasteiger partial charge on any atom is 0.417 e. The summed E-state index contributed by atoms with van der Waals surface area (Å²) in [5.74, 6) is -0.239. The zero-order chi connectivity index (χ0) is 17.4. The summed E-state index contributed by atoms with van der Waals surface area (Å²) in [6.45, 7) is 2.56. The lowest BCUT2D eigenvalue weighted by Crippen LogP contribution is -2.55. The van der Waals surface area contributed by atoms with Gasteiger partial charge in [-0.05, 0) is 0 Å². The van der Waals surface area contributed by atoms with E-state index in [9.17, 15) is 14.4 Å². The molecule has 1 aromatic heterocycles. The molecule has 9 nitrogen and oxygen atoms in total. The quantitative estimate of drug-likeness (QED) is 0.777. The Morgan fingerprint density at radius 2 is 2.20 bits per heavy atom. The third-order valence-electron chi connectivity index (χ3n) is 4.60. The van der Waals surface area contributed by atoms with Gasteiger partial charge in [-0.3, -0.25) is 4.79 Å². The summed E-state index contributed by atoms with van der Waals surface area (Å²) in [7, 11) is 0. The summed E-state index contributed by atoms with van der Waals surface area (Å²) < 4.78 is 10.2. The molecule has 4 heterocycles. The Hall–Kier alpha value is -2.36. The molecule has 3 fully saturated rings. The summed E-state index contributed by atoms with van der Waals surface area (Å²) in [6, 6.07) is 0. The molecule has 3 saturated heterocycles. The summed E-state index contributed by atoms with van der Waals surface area (Å²) in [6.07, 6.45) is 1.49. The fraction of sp³-hybridized carbons (Fsp3) is 0.600. The third-order valence-corrected chi connectivity index (χ3v) is 5.43. The SMILES string of the molecule is O=C(OC1CCN(c2nccs2)C1)N1CC(CN2C(=O)COC2=O)C1. The Morgan fingerprint density at radius 3 is 2.88 bits per heavy atom. The number of rotatable bonds is 4. The standard InChI is InChI=1S/C15H18N4O5S/c20-12-9-23-15(22)19(12)7-10-5-18(6-10)14(21)24-11-1-3-17(8-11)13-16-2-4-25-13/h2,4,10-11H,1,3,5-9H2. The number of likely N-dealkylation sites (tertiary alicyclic amines) is 1. The summed E-state index contributed by atoms with van der Waals surface area (Å²) in [5, 5.41) is 2.88. The van der Waals surface area contributed by atoms with Gasteiger partial charge in [0, 0.05) is 50.1 Å². The van der Waals surface area contributed by atoms with E-state index in [-0.39, 0.29) is 30.6 Å². The molecule has 1 atom stereocenters. The second-order valence-corrected chi connectivity index (χ2v) is 7.26. The molecular formula is C15H18N4O5S. The Morgan fingerprint density at radius 1 is 1.36 bits per heavy atom. The Bertz CT molecular complexity index is 659.